The Morgan fingerprint density at radius 3 is 2.78 bits per heavy atom. The summed E-state index contributed by atoms with van der Waals surface area (Å²) in [7, 11) is 0. The fourth-order valence-corrected chi connectivity index (χ4v) is 6.03. The van der Waals surface area contributed by atoms with E-state index in [2.05, 4.69) is 22.3 Å². The average Bonchev–Trinajstić information content (AvgIpc) is 3.33. The molecule has 3 aromatic heterocycles. The molecule has 0 aliphatic heterocycles. The van der Waals surface area contributed by atoms with Gasteiger partial charge >= 0.3 is 5.97 Å². The Bertz CT molecular complexity index is 1350. The summed E-state index contributed by atoms with van der Waals surface area (Å²) in [6.45, 7) is 7.54. The zero-order valence-corrected chi connectivity index (χ0v) is 19.6. The van der Waals surface area contributed by atoms with Gasteiger partial charge in [-0.15, -0.1) is 11.3 Å². The Morgan fingerprint density at radius 1 is 1.25 bits per heavy atom. The molecule has 32 heavy (non-hydrogen) atoms. The number of rotatable bonds is 4. The zero-order chi connectivity index (χ0) is 22.6. The summed E-state index contributed by atoms with van der Waals surface area (Å²) in [5.41, 5.74) is 4.86. The molecular formula is C25H27N3O3S. The van der Waals surface area contributed by atoms with Gasteiger partial charge < -0.3 is 9.84 Å². The van der Waals surface area contributed by atoms with E-state index in [1.54, 1.807) is 17.5 Å². The van der Waals surface area contributed by atoms with Crippen LogP contribution in [0, 0.1) is 6.92 Å². The molecule has 1 aliphatic rings. The second-order valence-electron chi connectivity index (χ2n) is 9.50. The molecule has 0 spiro atoms. The molecule has 1 unspecified atom stereocenters. The van der Waals surface area contributed by atoms with Crippen LogP contribution in [0.5, 0.6) is 0 Å². The number of aromatic amines is 1. The maximum atomic E-state index is 12.5. The fraction of sp³-hybridized carbons (Fsp3) is 0.400. The van der Waals surface area contributed by atoms with Gasteiger partial charge in [0.2, 0.25) is 0 Å². The lowest BCUT2D eigenvalue weighted by molar-refractivity contribution is -0.160. The molecule has 1 atom stereocenters. The highest BCUT2D eigenvalue weighted by Gasteiger charge is 2.34. The summed E-state index contributed by atoms with van der Waals surface area (Å²) in [4.78, 5) is 19.8. The lowest BCUT2D eigenvalue weighted by Crippen LogP contribution is -2.28. The van der Waals surface area contributed by atoms with E-state index in [0.717, 1.165) is 51.5 Å². The van der Waals surface area contributed by atoms with Crippen LogP contribution in [-0.2, 0) is 22.4 Å². The van der Waals surface area contributed by atoms with E-state index in [1.165, 1.54) is 16.9 Å². The summed E-state index contributed by atoms with van der Waals surface area (Å²) in [5.74, 6) is -1.00. The maximum absolute atomic E-state index is 12.5. The van der Waals surface area contributed by atoms with Crippen molar-refractivity contribution in [3.05, 3.63) is 46.1 Å². The zero-order valence-electron chi connectivity index (χ0n) is 18.8. The molecule has 166 valence electrons. The number of benzene rings is 1. The van der Waals surface area contributed by atoms with Crippen molar-refractivity contribution in [1.82, 2.24) is 15.2 Å². The molecule has 1 aliphatic carbocycles. The molecule has 7 heteroatoms. The normalized spacial score (nSPS) is 15.2. The van der Waals surface area contributed by atoms with Crippen molar-refractivity contribution in [3.8, 4) is 11.1 Å². The molecule has 0 radical (unpaired) electrons. The predicted octanol–water partition coefficient (Wildman–Crippen LogP) is 5.97. The van der Waals surface area contributed by atoms with Crippen LogP contribution >= 0.6 is 11.3 Å². The standard InChI is InChI=1S/C25H27N3O3S/c1-13-19(22(24(29)30)31-25(2,3)4)20(14-9-10-15-12-26-28-17(15)11-14)21-16-7-5-6-8-18(16)32-23(21)27-13/h9-12,22H,5-8H2,1-4H3,(H,26,28)(H,29,30). The summed E-state index contributed by atoms with van der Waals surface area (Å²) in [5, 5.41) is 19.5. The van der Waals surface area contributed by atoms with Gasteiger partial charge in [-0.3, -0.25) is 5.10 Å². The van der Waals surface area contributed by atoms with Crippen LogP contribution in [0.1, 0.15) is 61.4 Å². The van der Waals surface area contributed by atoms with Crippen molar-refractivity contribution < 1.29 is 14.6 Å². The number of nitrogens with zero attached hydrogens (tertiary/aromatic N) is 2. The first-order valence-electron chi connectivity index (χ1n) is 11.0. The third-order valence-electron chi connectivity index (χ3n) is 6.02. The SMILES string of the molecule is Cc1nc2sc3c(c2c(-c2ccc4cn[nH]c4c2)c1C(OC(C)(C)C)C(=O)O)CCCC3. The molecule has 5 rings (SSSR count). The van der Waals surface area contributed by atoms with Crippen LogP contribution in [0.3, 0.4) is 0 Å². The number of hydrogen-bond acceptors (Lipinski definition) is 5. The number of carboxylic acids is 1. The second kappa shape index (κ2) is 7.67. The number of pyridine rings is 1. The molecule has 0 saturated heterocycles. The number of ether oxygens (including phenoxy) is 1. The number of nitrogens with one attached hydrogen (secondary N) is 1. The Morgan fingerprint density at radius 2 is 2.03 bits per heavy atom. The Hall–Kier alpha value is -2.77. The van der Waals surface area contributed by atoms with E-state index in [0.29, 0.717) is 11.3 Å². The van der Waals surface area contributed by atoms with Crippen LogP contribution < -0.4 is 0 Å². The lowest BCUT2D eigenvalue weighted by atomic mass is 9.87. The fourth-order valence-electron chi connectivity index (χ4n) is 4.72. The smallest absolute Gasteiger partial charge is 0.337 e. The molecular weight excluding hydrogens is 422 g/mol. The number of aryl methyl sites for hydroxylation is 3. The molecule has 0 bridgehead atoms. The van der Waals surface area contributed by atoms with Crippen LogP contribution in [0.15, 0.2) is 24.4 Å². The molecule has 6 nitrogen and oxygen atoms in total. The van der Waals surface area contributed by atoms with Gasteiger partial charge in [-0.2, -0.15) is 5.10 Å². The minimum Gasteiger partial charge on any atom is -0.479 e. The largest absolute Gasteiger partial charge is 0.479 e. The van der Waals surface area contributed by atoms with Crippen molar-refractivity contribution in [1.29, 1.82) is 0 Å². The van der Waals surface area contributed by atoms with E-state index >= 15 is 0 Å². The number of carbonyl (C=O) groups is 1. The summed E-state index contributed by atoms with van der Waals surface area (Å²) < 4.78 is 6.11. The van der Waals surface area contributed by atoms with Gasteiger partial charge in [0.05, 0.1) is 17.3 Å². The van der Waals surface area contributed by atoms with Gasteiger partial charge in [0, 0.05) is 32.5 Å². The average molecular weight is 450 g/mol. The molecule has 1 aromatic carbocycles. The molecule has 4 aromatic rings. The van der Waals surface area contributed by atoms with E-state index in [4.69, 9.17) is 9.72 Å². The van der Waals surface area contributed by atoms with Crippen molar-refractivity contribution >= 4 is 38.4 Å². The predicted molar refractivity (Wildman–Crippen MR) is 127 cm³/mol. The van der Waals surface area contributed by atoms with Crippen LogP contribution in [-0.4, -0.2) is 31.9 Å². The molecule has 0 fully saturated rings. The highest BCUT2D eigenvalue weighted by molar-refractivity contribution is 7.19. The van der Waals surface area contributed by atoms with Crippen molar-refractivity contribution in [2.45, 2.75) is 65.1 Å². The van der Waals surface area contributed by atoms with Crippen molar-refractivity contribution in [2.75, 3.05) is 0 Å². The first-order chi connectivity index (χ1) is 15.2. The molecule has 0 amide bonds. The van der Waals surface area contributed by atoms with Crippen LogP contribution in [0.25, 0.3) is 32.2 Å². The van der Waals surface area contributed by atoms with Crippen molar-refractivity contribution in [2.24, 2.45) is 0 Å². The van der Waals surface area contributed by atoms with Crippen molar-refractivity contribution in [3.63, 3.8) is 0 Å². The number of aromatic nitrogens is 3. The van der Waals surface area contributed by atoms with Crippen LogP contribution in [0.2, 0.25) is 0 Å². The number of carboxylic acid groups (broad SMARTS) is 1. The number of H-pyrrole nitrogens is 1. The minimum atomic E-state index is -1.11. The number of fused-ring (bicyclic) bond motifs is 4. The van der Waals surface area contributed by atoms with Crippen LogP contribution in [0.4, 0.5) is 0 Å². The monoisotopic (exact) mass is 449 g/mol. The van der Waals surface area contributed by atoms with Gasteiger partial charge in [0.15, 0.2) is 6.10 Å². The van der Waals surface area contributed by atoms with Gasteiger partial charge in [0.25, 0.3) is 0 Å². The van der Waals surface area contributed by atoms with E-state index in [1.807, 2.05) is 33.8 Å². The number of thiophene rings is 1. The number of hydrogen-bond donors (Lipinski definition) is 2. The van der Waals surface area contributed by atoms with Gasteiger partial charge in [-0.1, -0.05) is 12.1 Å². The Balaban J connectivity index is 1.87. The molecule has 0 saturated carbocycles. The molecule has 2 N–H and O–H groups in total. The van der Waals surface area contributed by atoms with Gasteiger partial charge in [0.1, 0.15) is 4.83 Å². The summed E-state index contributed by atoms with van der Waals surface area (Å²) in [6, 6.07) is 6.14. The highest BCUT2D eigenvalue weighted by atomic mass is 32.1. The number of aliphatic carboxylic acids is 1. The summed E-state index contributed by atoms with van der Waals surface area (Å²) in [6.07, 6.45) is 5.07. The van der Waals surface area contributed by atoms with E-state index in [9.17, 15) is 9.90 Å². The quantitative estimate of drug-likeness (QED) is 0.401. The van der Waals surface area contributed by atoms with Gasteiger partial charge in [-0.05, 0) is 70.6 Å². The second-order valence-corrected chi connectivity index (χ2v) is 10.6. The van der Waals surface area contributed by atoms with E-state index in [-0.39, 0.29) is 0 Å². The minimum absolute atomic E-state index is 0.622. The Labute approximate surface area is 190 Å². The lowest BCUT2D eigenvalue weighted by Gasteiger charge is -2.28. The third-order valence-corrected chi connectivity index (χ3v) is 7.21. The van der Waals surface area contributed by atoms with E-state index < -0.39 is 17.7 Å². The first kappa shape index (κ1) is 21.1. The highest BCUT2D eigenvalue weighted by Crippen LogP contribution is 2.46. The Kier molecular flexibility index (Phi) is 5.06. The maximum Gasteiger partial charge on any atom is 0.337 e. The first-order valence-corrected chi connectivity index (χ1v) is 11.8. The third kappa shape index (κ3) is 3.59. The summed E-state index contributed by atoms with van der Waals surface area (Å²) >= 11 is 1.75. The topological polar surface area (TPSA) is 88.1 Å². The van der Waals surface area contributed by atoms with Gasteiger partial charge in [-0.25, -0.2) is 9.78 Å². The molecule has 3 heterocycles.